The first-order valence-electron chi connectivity index (χ1n) is 12.9. The normalized spacial score (nSPS) is 12.2. The average molecular weight is 475 g/mol. The Balaban J connectivity index is -0.000000701. The number of rotatable bonds is 21. The fraction of sp³-hybridized carbons (Fsp3) is 0.923. The fourth-order valence-electron chi connectivity index (χ4n) is 3.61. The maximum atomic E-state index is 11.9. The van der Waals surface area contributed by atoms with Crippen LogP contribution in [-0.2, 0) is 19.1 Å². The maximum absolute atomic E-state index is 11.9. The molecule has 0 N–H and O–H groups in total. The molecule has 182 valence electrons. The van der Waals surface area contributed by atoms with E-state index in [2.05, 4.69) is 27.7 Å². The van der Waals surface area contributed by atoms with Crippen molar-refractivity contribution in [1.29, 1.82) is 0 Å². The first kappa shape index (κ1) is 37.5. The molecule has 0 aliphatic carbocycles. The molecule has 0 bridgehead atoms. The summed E-state index contributed by atoms with van der Waals surface area (Å²) < 4.78 is 10.9. The Morgan fingerprint density at radius 1 is 0.594 bits per heavy atom. The molecule has 4 nitrogen and oxygen atoms in total. The first-order chi connectivity index (χ1) is 14.6. The molecule has 0 heterocycles. The van der Waals surface area contributed by atoms with E-state index in [0.717, 1.165) is 64.2 Å². The second kappa shape index (κ2) is 28.2. The Hall–Kier alpha value is 0.940. The van der Waals surface area contributed by atoms with Crippen LogP contribution in [0.4, 0.5) is 0 Å². The van der Waals surface area contributed by atoms with Gasteiger partial charge in [0.2, 0.25) is 0 Å². The standard InChI is InChI=1S/C26H50O4.2Na.2H/c1-5-9-17-23(7-3)21-29-25(27)19-15-13-11-12-14-16-20-26(28)30-22-24(8-4)18-10-6-2;;;;/h23-24H,5-22H2,1-4H3;;;;/q;2*+1;2*-1. The zero-order valence-corrected chi connectivity index (χ0v) is 26.5. The molecule has 6 heteroatoms. The van der Waals surface area contributed by atoms with Gasteiger partial charge in [-0.2, -0.15) is 0 Å². The van der Waals surface area contributed by atoms with Gasteiger partial charge < -0.3 is 12.3 Å². The van der Waals surface area contributed by atoms with Gasteiger partial charge in [-0.25, -0.2) is 0 Å². The number of esters is 2. The van der Waals surface area contributed by atoms with Gasteiger partial charge in [0.05, 0.1) is 13.2 Å². The van der Waals surface area contributed by atoms with Crippen LogP contribution in [0.15, 0.2) is 0 Å². The maximum Gasteiger partial charge on any atom is 1.00 e. The summed E-state index contributed by atoms with van der Waals surface area (Å²) in [7, 11) is 0. The van der Waals surface area contributed by atoms with Gasteiger partial charge in [-0.1, -0.05) is 91.9 Å². The van der Waals surface area contributed by atoms with Crippen molar-refractivity contribution in [1.82, 2.24) is 0 Å². The molecule has 0 radical (unpaired) electrons. The van der Waals surface area contributed by atoms with Crippen molar-refractivity contribution in [3.05, 3.63) is 0 Å². The van der Waals surface area contributed by atoms with Crippen LogP contribution in [-0.4, -0.2) is 25.2 Å². The topological polar surface area (TPSA) is 52.6 Å². The van der Waals surface area contributed by atoms with Crippen molar-refractivity contribution >= 4 is 11.9 Å². The van der Waals surface area contributed by atoms with E-state index in [1.165, 1.54) is 25.7 Å². The Morgan fingerprint density at radius 3 is 1.25 bits per heavy atom. The quantitative estimate of drug-likeness (QED) is 0.145. The van der Waals surface area contributed by atoms with E-state index in [9.17, 15) is 9.59 Å². The molecule has 0 spiro atoms. The number of carbonyl (C=O) groups is 2. The Bertz CT molecular complexity index is 392. The van der Waals surface area contributed by atoms with Gasteiger partial charge in [-0.15, -0.1) is 0 Å². The summed E-state index contributed by atoms with van der Waals surface area (Å²) in [6, 6.07) is 0. The predicted octanol–water partition coefficient (Wildman–Crippen LogP) is 1.86. The van der Waals surface area contributed by atoms with E-state index in [1.54, 1.807) is 0 Å². The van der Waals surface area contributed by atoms with Crippen molar-refractivity contribution in [3.8, 4) is 0 Å². The Morgan fingerprint density at radius 2 is 0.938 bits per heavy atom. The summed E-state index contributed by atoms with van der Waals surface area (Å²) in [6.45, 7) is 9.90. The van der Waals surface area contributed by atoms with Crippen LogP contribution in [0, 0.1) is 11.8 Å². The summed E-state index contributed by atoms with van der Waals surface area (Å²) >= 11 is 0. The second-order valence-corrected chi connectivity index (χ2v) is 8.82. The number of hydrogen-bond acceptors (Lipinski definition) is 4. The molecule has 0 aromatic heterocycles. The number of unbranched alkanes of at least 4 members (excludes halogenated alkanes) is 7. The van der Waals surface area contributed by atoms with Crippen LogP contribution in [0.2, 0.25) is 0 Å². The number of hydrogen-bond donors (Lipinski definition) is 0. The van der Waals surface area contributed by atoms with E-state index >= 15 is 0 Å². The molecule has 2 atom stereocenters. The first-order valence-corrected chi connectivity index (χ1v) is 12.9. The number of carbonyl (C=O) groups excluding carboxylic acids is 2. The van der Waals surface area contributed by atoms with E-state index < -0.39 is 0 Å². The van der Waals surface area contributed by atoms with Gasteiger partial charge in [0.15, 0.2) is 0 Å². The van der Waals surface area contributed by atoms with Gasteiger partial charge in [0.25, 0.3) is 0 Å². The number of ether oxygens (including phenoxy) is 2. The smallest absolute Gasteiger partial charge is 1.00 e. The molecular formula is C26H52Na2O4. The summed E-state index contributed by atoms with van der Waals surface area (Å²) in [5, 5.41) is 0. The van der Waals surface area contributed by atoms with Crippen LogP contribution < -0.4 is 59.1 Å². The predicted molar refractivity (Wildman–Crippen MR) is 128 cm³/mol. The Labute approximate surface area is 246 Å². The van der Waals surface area contributed by atoms with Gasteiger partial charge >= 0.3 is 71.1 Å². The van der Waals surface area contributed by atoms with Gasteiger partial charge in [0.1, 0.15) is 0 Å². The summed E-state index contributed by atoms with van der Waals surface area (Å²) in [5.41, 5.74) is 0. The minimum atomic E-state index is -0.0444. The molecule has 0 fully saturated rings. The average Bonchev–Trinajstić information content (AvgIpc) is 2.75. The SMILES string of the molecule is CCCCC(CC)COC(=O)CCCCCCCCC(=O)OCC(CC)CCCC.[H-].[H-].[Na+].[Na+]. The van der Waals surface area contributed by atoms with Gasteiger partial charge in [-0.3, -0.25) is 9.59 Å². The van der Waals surface area contributed by atoms with Crippen LogP contribution in [0.5, 0.6) is 0 Å². The van der Waals surface area contributed by atoms with E-state index in [1.807, 2.05) is 0 Å². The Kier molecular flexibility index (Phi) is 33.0. The molecule has 0 aliphatic rings. The van der Waals surface area contributed by atoms with Crippen LogP contribution >= 0.6 is 0 Å². The van der Waals surface area contributed by atoms with Crippen molar-refractivity contribution in [2.75, 3.05) is 13.2 Å². The van der Waals surface area contributed by atoms with Crippen molar-refractivity contribution in [2.45, 2.75) is 130 Å². The van der Waals surface area contributed by atoms with Gasteiger partial charge in [0, 0.05) is 12.8 Å². The zero-order chi connectivity index (χ0) is 22.5. The summed E-state index contributed by atoms with van der Waals surface area (Å²) in [6.07, 6.45) is 16.5. The molecule has 2 unspecified atom stereocenters. The molecule has 0 aromatic rings. The van der Waals surface area contributed by atoms with Crippen molar-refractivity contribution < 1.29 is 81.0 Å². The van der Waals surface area contributed by atoms with Gasteiger partial charge in [-0.05, 0) is 37.5 Å². The van der Waals surface area contributed by atoms with Crippen LogP contribution in [0.3, 0.4) is 0 Å². The summed E-state index contributed by atoms with van der Waals surface area (Å²) in [5.74, 6) is 0.948. The van der Waals surface area contributed by atoms with Crippen LogP contribution in [0.25, 0.3) is 0 Å². The summed E-state index contributed by atoms with van der Waals surface area (Å²) in [4.78, 5) is 23.7. The zero-order valence-electron chi connectivity index (χ0n) is 24.5. The molecular weight excluding hydrogens is 422 g/mol. The third kappa shape index (κ3) is 24.1. The molecule has 0 saturated heterocycles. The van der Waals surface area contributed by atoms with E-state index in [0.29, 0.717) is 37.9 Å². The van der Waals surface area contributed by atoms with Crippen molar-refractivity contribution in [3.63, 3.8) is 0 Å². The molecule has 32 heavy (non-hydrogen) atoms. The largest absolute Gasteiger partial charge is 1.00 e. The second-order valence-electron chi connectivity index (χ2n) is 8.82. The third-order valence-corrected chi connectivity index (χ3v) is 6.06. The molecule has 0 saturated carbocycles. The molecule has 0 rings (SSSR count). The van der Waals surface area contributed by atoms with Crippen molar-refractivity contribution in [2.24, 2.45) is 11.8 Å². The minimum absolute atomic E-state index is 0. The minimum Gasteiger partial charge on any atom is -1.00 e. The van der Waals surface area contributed by atoms with E-state index in [-0.39, 0.29) is 73.9 Å². The molecule has 0 aromatic carbocycles. The monoisotopic (exact) mass is 474 g/mol. The molecule has 0 amide bonds. The molecule has 0 aliphatic heterocycles. The van der Waals surface area contributed by atoms with Crippen LogP contribution in [0.1, 0.15) is 133 Å². The fourth-order valence-corrected chi connectivity index (χ4v) is 3.61. The third-order valence-electron chi connectivity index (χ3n) is 6.06. The van der Waals surface area contributed by atoms with E-state index in [4.69, 9.17) is 9.47 Å².